The van der Waals surface area contributed by atoms with Gasteiger partial charge in [0.25, 0.3) is 0 Å². The summed E-state index contributed by atoms with van der Waals surface area (Å²) in [6.07, 6.45) is 6.89. The van der Waals surface area contributed by atoms with Crippen LogP contribution in [0.25, 0.3) is 0 Å². The second-order valence-electron chi connectivity index (χ2n) is 5.07. The number of benzene rings is 1. The lowest BCUT2D eigenvalue weighted by Crippen LogP contribution is -2.14. The van der Waals surface area contributed by atoms with Crippen molar-refractivity contribution in [1.82, 2.24) is 15.3 Å². The van der Waals surface area contributed by atoms with Gasteiger partial charge in [0.05, 0.1) is 30.7 Å². The number of aromatic nitrogens is 2. The van der Waals surface area contributed by atoms with Crippen molar-refractivity contribution in [2.75, 3.05) is 13.7 Å². The van der Waals surface area contributed by atoms with Crippen molar-refractivity contribution in [2.45, 2.75) is 25.3 Å². The Morgan fingerprint density at radius 3 is 2.85 bits per heavy atom. The maximum absolute atomic E-state index is 5.36. The van der Waals surface area contributed by atoms with Crippen molar-refractivity contribution in [3.8, 4) is 5.75 Å². The highest BCUT2D eigenvalue weighted by Gasteiger charge is 2.17. The predicted octanol–water partition coefficient (Wildman–Crippen LogP) is 2.50. The van der Waals surface area contributed by atoms with Crippen LogP contribution in [0.3, 0.4) is 0 Å². The van der Waals surface area contributed by atoms with E-state index >= 15 is 0 Å². The molecular weight excluding hydrogens is 250 g/mol. The number of rotatable bonds is 4. The molecule has 1 aliphatic heterocycles. The van der Waals surface area contributed by atoms with Crippen LogP contribution in [-0.2, 0) is 6.42 Å². The van der Waals surface area contributed by atoms with Crippen molar-refractivity contribution in [2.24, 2.45) is 0 Å². The SMILES string of the molecule is COc1ccccc1Cc1cnc(C2CCCN2)cn1. The van der Waals surface area contributed by atoms with Crippen LogP contribution in [0.15, 0.2) is 36.7 Å². The molecule has 0 radical (unpaired) electrons. The average molecular weight is 269 g/mol. The number of nitrogens with zero attached hydrogens (tertiary/aromatic N) is 2. The predicted molar refractivity (Wildman–Crippen MR) is 77.8 cm³/mol. The van der Waals surface area contributed by atoms with E-state index in [0.29, 0.717) is 6.04 Å². The molecule has 1 aromatic carbocycles. The molecule has 2 heterocycles. The molecule has 1 aromatic heterocycles. The number of nitrogens with one attached hydrogen (secondary N) is 1. The number of methoxy groups -OCH3 is 1. The fourth-order valence-electron chi connectivity index (χ4n) is 2.62. The van der Waals surface area contributed by atoms with Gasteiger partial charge in [-0.3, -0.25) is 9.97 Å². The zero-order chi connectivity index (χ0) is 13.8. The van der Waals surface area contributed by atoms with Crippen LogP contribution in [0.1, 0.15) is 35.8 Å². The molecule has 0 amide bonds. The number of hydrogen-bond donors (Lipinski definition) is 1. The Kier molecular flexibility index (Phi) is 3.92. The number of hydrogen-bond acceptors (Lipinski definition) is 4. The van der Waals surface area contributed by atoms with Gasteiger partial charge in [0.15, 0.2) is 0 Å². The van der Waals surface area contributed by atoms with Crippen LogP contribution in [0.5, 0.6) is 5.75 Å². The van der Waals surface area contributed by atoms with E-state index in [1.165, 1.54) is 6.42 Å². The summed E-state index contributed by atoms with van der Waals surface area (Å²) in [6, 6.07) is 8.40. The van der Waals surface area contributed by atoms with Crippen LogP contribution in [0.2, 0.25) is 0 Å². The molecule has 4 nitrogen and oxygen atoms in total. The fourth-order valence-corrected chi connectivity index (χ4v) is 2.62. The van der Waals surface area contributed by atoms with Crippen LogP contribution in [0.4, 0.5) is 0 Å². The Bertz CT molecular complexity index is 562. The third-order valence-corrected chi connectivity index (χ3v) is 3.71. The molecule has 1 N–H and O–H groups in total. The van der Waals surface area contributed by atoms with Crippen LogP contribution in [0, 0.1) is 0 Å². The number of ether oxygens (including phenoxy) is 1. The Balaban J connectivity index is 1.74. The molecular formula is C16H19N3O. The molecule has 2 aromatic rings. The standard InChI is InChI=1S/C16H19N3O/c1-20-16-7-3-2-5-12(16)9-13-10-19-15(11-18-13)14-6-4-8-17-14/h2-3,5,7,10-11,14,17H,4,6,8-9H2,1H3. The summed E-state index contributed by atoms with van der Waals surface area (Å²) < 4.78 is 5.36. The van der Waals surface area contributed by atoms with E-state index < -0.39 is 0 Å². The fraction of sp³-hybridized carbons (Fsp3) is 0.375. The van der Waals surface area contributed by atoms with Gasteiger partial charge in [-0.2, -0.15) is 0 Å². The maximum Gasteiger partial charge on any atom is 0.122 e. The molecule has 0 bridgehead atoms. The highest BCUT2D eigenvalue weighted by molar-refractivity contribution is 5.35. The summed E-state index contributed by atoms with van der Waals surface area (Å²) in [4.78, 5) is 9.08. The van der Waals surface area contributed by atoms with Gasteiger partial charge in [-0.15, -0.1) is 0 Å². The Morgan fingerprint density at radius 2 is 2.15 bits per heavy atom. The molecule has 1 fully saturated rings. The van der Waals surface area contributed by atoms with Gasteiger partial charge in [-0.05, 0) is 25.5 Å². The van der Waals surface area contributed by atoms with E-state index in [1.807, 2.05) is 30.6 Å². The summed E-state index contributed by atoms with van der Waals surface area (Å²) in [6.45, 7) is 1.08. The van der Waals surface area contributed by atoms with E-state index in [1.54, 1.807) is 7.11 Å². The van der Waals surface area contributed by atoms with Gasteiger partial charge >= 0.3 is 0 Å². The van der Waals surface area contributed by atoms with Crippen LogP contribution in [-0.4, -0.2) is 23.6 Å². The second-order valence-corrected chi connectivity index (χ2v) is 5.07. The smallest absolute Gasteiger partial charge is 0.122 e. The molecule has 0 saturated carbocycles. The first kappa shape index (κ1) is 13.1. The molecule has 1 unspecified atom stereocenters. The van der Waals surface area contributed by atoms with Crippen LogP contribution < -0.4 is 10.1 Å². The van der Waals surface area contributed by atoms with Gasteiger partial charge in [-0.25, -0.2) is 0 Å². The molecule has 3 rings (SSSR count). The first-order valence-electron chi connectivity index (χ1n) is 7.03. The second kappa shape index (κ2) is 6.01. The van der Waals surface area contributed by atoms with Gasteiger partial charge in [0.1, 0.15) is 5.75 Å². The lowest BCUT2D eigenvalue weighted by Gasteiger charge is -2.10. The molecule has 1 atom stereocenters. The van der Waals surface area contributed by atoms with Crippen molar-refractivity contribution in [3.05, 3.63) is 53.6 Å². The third-order valence-electron chi connectivity index (χ3n) is 3.71. The maximum atomic E-state index is 5.36. The van der Waals surface area contributed by atoms with Gasteiger partial charge in [0.2, 0.25) is 0 Å². The highest BCUT2D eigenvalue weighted by atomic mass is 16.5. The van der Waals surface area contributed by atoms with E-state index in [9.17, 15) is 0 Å². The number of para-hydroxylation sites is 1. The average Bonchev–Trinajstić information content (AvgIpc) is 3.03. The lowest BCUT2D eigenvalue weighted by molar-refractivity contribution is 0.410. The minimum Gasteiger partial charge on any atom is -0.496 e. The largest absolute Gasteiger partial charge is 0.496 e. The van der Waals surface area contributed by atoms with E-state index in [2.05, 4.69) is 21.4 Å². The van der Waals surface area contributed by atoms with Gasteiger partial charge in [-0.1, -0.05) is 18.2 Å². The van der Waals surface area contributed by atoms with Gasteiger partial charge in [0, 0.05) is 18.2 Å². The summed E-state index contributed by atoms with van der Waals surface area (Å²) in [5.74, 6) is 0.899. The van der Waals surface area contributed by atoms with Crippen molar-refractivity contribution in [3.63, 3.8) is 0 Å². The molecule has 1 aliphatic rings. The Labute approximate surface area is 119 Å². The summed E-state index contributed by atoms with van der Waals surface area (Å²) in [5, 5.41) is 3.44. The molecule has 1 saturated heterocycles. The zero-order valence-corrected chi connectivity index (χ0v) is 11.7. The summed E-state index contributed by atoms with van der Waals surface area (Å²) >= 11 is 0. The summed E-state index contributed by atoms with van der Waals surface area (Å²) in [7, 11) is 1.69. The van der Waals surface area contributed by atoms with Crippen LogP contribution >= 0.6 is 0 Å². The monoisotopic (exact) mass is 269 g/mol. The molecule has 0 spiro atoms. The van der Waals surface area contributed by atoms with Crippen molar-refractivity contribution >= 4 is 0 Å². The molecule has 104 valence electrons. The Morgan fingerprint density at radius 1 is 1.25 bits per heavy atom. The first-order valence-corrected chi connectivity index (χ1v) is 7.03. The minimum atomic E-state index is 0.378. The minimum absolute atomic E-state index is 0.378. The lowest BCUT2D eigenvalue weighted by atomic mass is 10.1. The van der Waals surface area contributed by atoms with Crippen molar-refractivity contribution < 1.29 is 4.74 Å². The quantitative estimate of drug-likeness (QED) is 0.926. The molecule has 20 heavy (non-hydrogen) atoms. The normalized spacial score (nSPS) is 18.1. The topological polar surface area (TPSA) is 47.0 Å². The zero-order valence-electron chi connectivity index (χ0n) is 11.7. The summed E-state index contributed by atoms with van der Waals surface area (Å²) in [5.41, 5.74) is 3.15. The third kappa shape index (κ3) is 2.80. The van der Waals surface area contributed by atoms with Crippen molar-refractivity contribution in [1.29, 1.82) is 0 Å². The van der Waals surface area contributed by atoms with E-state index in [0.717, 1.165) is 42.1 Å². The highest BCUT2D eigenvalue weighted by Crippen LogP contribution is 2.22. The molecule has 0 aliphatic carbocycles. The Hall–Kier alpha value is -1.94. The molecule has 4 heteroatoms. The van der Waals surface area contributed by atoms with E-state index in [4.69, 9.17) is 4.74 Å². The van der Waals surface area contributed by atoms with Gasteiger partial charge < -0.3 is 10.1 Å². The first-order chi connectivity index (χ1) is 9.86. The van der Waals surface area contributed by atoms with E-state index in [-0.39, 0.29) is 0 Å².